The molecule has 1 fully saturated rings. The molecule has 0 saturated carbocycles. The van der Waals surface area contributed by atoms with Gasteiger partial charge in [0.05, 0.1) is 5.70 Å². The summed E-state index contributed by atoms with van der Waals surface area (Å²) < 4.78 is 0. The Kier molecular flexibility index (Phi) is 6.00. The topological polar surface area (TPSA) is 65.1 Å². The van der Waals surface area contributed by atoms with Gasteiger partial charge in [0.1, 0.15) is 0 Å². The molecule has 0 bridgehead atoms. The molecule has 2 aliphatic rings. The second-order valence-corrected chi connectivity index (χ2v) is 7.16. The molecule has 5 heteroatoms. The zero-order chi connectivity index (χ0) is 19.4. The van der Waals surface area contributed by atoms with Crippen molar-refractivity contribution in [3.63, 3.8) is 0 Å². The van der Waals surface area contributed by atoms with Crippen LogP contribution >= 0.6 is 0 Å². The molecular formula is C22H28N4O. The van der Waals surface area contributed by atoms with Crippen molar-refractivity contribution in [1.82, 2.24) is 9.80 Å². The summed E-state index contributed by atoms with van der Waals surface area (Å²) in [5.41, 5.74) is 10.8. The number of terminal acetylenes is 1. The Balaban J connectivity index is 1.94. The summed E-state index contributed by atoms with van der Waals surface area (Å²) >= 11 is 0. The zero-order valence-corrected chi connectivity index (χ0v) is 16.0. The quantitative estimate of drug-likeness (QED) is 0.805. The summed E-state index contributed by atoms with van der Waals surface area (Å²) in [5, 5.41) is 9.27. The maximum atomic E-state index is 9.27. The summed E-state index contributed by atoms with van der Waals surface area (Å²) in [5.74, 6) is 3.60. The van der Waals surface area contributed by atoms with Gasteiger partial charge in [0.25, 0.3) is 0 Å². The van der Waals surface area contributed by atoms with Crippen LogP contribution in [0.4, 0.5) is 0 Å². The Labute approximate surface area is 161 Å². The van der Waals surface area contributed by atoms with E-state index in [0.29, 0.717) is 13.0 Å². The van der Waals surface area contributed by atoms with Crippen LogP contribution in [0.25, 0.3) is 5.70 Å². The predicted octanol–water partition coefficient (Wildman–Crippen LogP) is 2.31. The van der Waals surface area contributed by atoms with Gasteiger partial charge < -0.3 is 20.6 Å². The van der Waals surface area contributed by atoms with Crippen molar-refractivity contribution < 1.29 is 5.11 Å². The first kappa shape index (κ1) is 19.2. The Morgan fingerprint density at radius 3 is 2.74 bits per heavy atom. The van der Waals surface area contributed by atoms with Crippen LogP contribution in [0.3, 0.4) is 0 Å². The van der Waals surface area contributed by atoms with Gasteiger partial charge in [-0.05, 0) is 50.0 Å². The third-order valence-electron chi connectivity index (χ3n) is 5.15. The smallest absolute Gasteiger partial charge is 0.206 e. The molecule has 1 saturated heterocycles. The number of likely N-dealkylation sites (tertiary alicyclic amines) is 1. The van der Waals surface area contributed by atoms with E-state index in [9.17, 15) is 5.11 Å². The fraction of sp³-hybridized carbons (Fsp3) is 0.409. The first-order valence-electron chi connectivity index (χ1n) is 9.49. The van der Waals surface area contributed by atoms with Crippen molar-refractivity contribution in [3.05, 3.63) is 53.2 Å². The highest BCUT2D eigenvalue weighted by molar-refractivity contribution is 5.91. The van der Waals surface area contributed by atoms with E-state index in [2.05, 4.69) is 28.4 Å². The number of aliphatic imine (C=N–C) groups is 1. The van der Waals surface area contributed by atoms with Gasteiger partial charge in [-0.1, -0.05) is 18.6 Å². The van der Waals surface area contributed by atoms with Crippen molar-refractivity contribution in [2.75, 3.05) is 26.2 Å². The summed E-state index contributed by atoms with van der Waals surface area (Å²) in [6, 6.07) is 6.30. The number of piperidine rings is 1. The number of nitrogens with zero attached hydrogens (tertiary/aromatic N) is 3. The molecule has 3 rings (SSSR count). The lowest BCUT2D eigenvalue weighted by molar-refractivity contribution is 0.255. The number of nitrogens with two attached hydrogens (primary N) is 1. The molecule has 2 heterocycles. The third kappa shape index (κ3) is 4.24. The minimum absolute atomic E-state index is 0.144. The van der Waals surface area contributed by atoms with Crippen LogP contribution in [0.5, 0.6) is 0 Å². The highest BCUT2D eigenvalue weighted by Crippen LogP contribution is 2.28. The van der Waals surface area contributed by atoms with Crippen LogP contribution in [-0.2, 0) is 0 Å². The lowest BCUT2D eigenvalue weighted by Crippen LogP contribution is -2.50. The van der Waals surface area contributed by atoms with Gasteiger partial charge in [-0.25, -0.2) is 4.99 Å². The number of hydrogen-bond acceptors (Lipinski definition) is 5. The van der Waals surface area contributed by atoms with E-state index in [1.54, 1.807) is 0 Å². The highest BCUT2D eigenvalue weighted by Gasteiger charge is 2.27. The largest absolute Gasteiger partial charge is 0.396 e. The van der Waals surface area contributed by atoms with E-state index in [1.807, 2.05) is 25.1 Å². The average molecular weight is 364 g/mol. The summed E-state index contributed by atoms with van der Waals surface area (Å²) in [7, 11) is 0. The maximum Gasteiger partial charge on any atom is 0.206 e. The number of benzene rings is 1. The molecule has 0 atom stereocenters. The van der Waals surface area contributed by atoms with Gasteiger partial charge in [-0.3, -0.25) is 0 Å². The van der Waals surface area contributed by atoms with Gasteiger partial charge in [-0.2, -0.15) is 0 Å². The van der Waals surface area contributed by atoms with Crippen molar-refractivity contribution in [2.45, 2.75) is 32.2 Å². The Morgan fingerprint density at radius 2 is 2.11 bits per heavy atom. The molecule has 0 unspecified atom stereocenters. The van der Waals surface area contributed by atoms with Crippen molar-refractivity contribution >= 4 is 11.7 Å². The molecule has 0 amide bonds. The molecule has 27 heavy (non-hydrogen) atoms. The van der Waals surface area contributed by atoms with Gasteiger partial charge >= 0.3 is 0 Å². The van der Waals surface area contributed by atoms with Crippen molar-refractivity contribution in [3.8, 4) is 12.3 Å². The molecule has 0 aromatic heterocycles. The van der Waals surface area contributed by atoms with Gasteiger partial charge in [0.15, 0.2) is 0 Å². The number of rotatable bonds is 4. The van der Waals surface area contributed by atoms with Crippen LogP contribution in [0.1, 0.15) is 36.0 Å². The normalized spacial score (nSPS) is 18.2. The summed E-state index contributed by atoms with van der Waals surface area (Å²) in [6.45, 7) is 8.85. The van der Waals surface area contributed by atoms with Gasteiger partial charge in [-0.15, -0.1) is 6.42 Å². The first-order chi connectivity index (χ1) is 13.0. The van der Waals surface area contributed by atoms with Crippen LogP contribution in [-0.4, -0.2) is 53.1 Å². The third-order valence-corrected chi connectivity index (χ3v) is 5.15. The predicted molar refractivity (Wildman–Crippen MR) is 111 cm³/mol. The molecule has 1 aromatic carbocycles. The Bertz CT molecular complexity index is 810. The number of guanidine groups is 1. The second-order valence-electron chi connectivity index (χ2n) is 7.16. The number of aryl methyl sites for hydroxylation is 1. The monoisotopic (exact) mass is 364 g/mol. The molecule has 2 aliphatic heterocycles. The molecule has 5 nitrogen and oxygen atoms in total. The lowest BCUT2D eigenvalue weighted by Gasteiger charge is -2.40. The van der Waals surface area contributed by atoms with E-state index >= 15 is 0 Å². The molecule has 142 valence electrons. The standard InChI is InChI=1S/C22H28N4O/c1-4-18-6-7-19(14-16(18)2)21-15-17(3)26(10-5-13-27)22(24-21)25-11-8-20(23)9-12-25/h1,6-7,14-15,20,27H,3,5,8-13,23H2,2H3. The zero-order valence-electron chi connectivity index (χ0n) is 16.0. The fourth-order valence-corrected chi connectivity index (χ4v) is 3.51. The highest BCUT2D eigenvalue weighted by atomic mass is 16.3. The lowest BCUT2D eigenvalue weighted by atomic mass is 10.0. The van der Waals surface area contributed by atoms with Crippen LogP contribution in [0.15, 0.2) is 41.5 Å². The average Bonchev–Trinajstić information content (AvgIpc) is 2.67. The molecule has 0 radical (unpaired) electrons. The van der Waals surface area contributed by atoms with Crippen LogP contribution in [0, 0.1) is 19.3 Å². The van der Waals surface area contributed by atoms with E-state index in [1.165, 1.54) is 0 Å². The summed E-state index contributed by atoms with van der Waals surface area (Å²) in [4.78, 5) is 9.35. The molecule has 3 N–H and O–H groups in total. The Hall–Kier alpha value is -2.55. The van der Waals surface area contributed by atoms with Crippen molar-refractivity contribution in [2.24, 2.45) is 10.7 Å². The minimum Gasteiger partial charge on any atom is -0.396 e. The second kappa shape index (κ2) is 8.43. The number of aliphatic hydroxyl groups is 1. The van der Waals surface area contributed by atoms with E-state index in [-0.39, 0.29) is 12.6 Å². The maximum absolute atomic E-state index is 9.27. The number of hydrogen-bond donors (Lipinski definition) is 2. The summed E-state index contributed by atoms with van der Waals surface area (Å²) in [6.07, 6.45) is 10.1. The van der Waals surface area contributed by atoms with Gasteiger partial charge in [0, 0.05) is 49.1 Å². The van der Waals surface area contributed by atoms with E-state index in [0.717, 1.165) is 60.0 Å². The molecule has 1 aromatic rings. The minimum atomic E-state index is 0.144. The van der Waals surface area contributed by atoms with Gasteiger partial charge in [0.2, 0.25) is 5.96 Å². The molecular weight excluding hydrogens is 336 g/mol. The molecule has 0 aliphatic carbocycles. The SMILES string of the molecule is C#Cc1ccc(C2=CC(=C)N(CCCO)C(N3CCC(N)CC3)=N2)cc1C. The number of allylic oxidation sites excluding steroid dienone is 1. The number of aliphatic hydroxyl groups excluding tert-OH is 1. The molecule has 0 spiro atoms. The Morgan fingerprint density at radius 1 is 1.37 bits per heavy atom. The van der Waals surface area contributed by atoms with Crippen LogP contribution in [0.2, 0.25) is 0 Å². The fourth-order valence-electron chi connectivity index (χ4n) is 3.51. The van der Waals surface area contributed by atoms with Crippen LogP contribution < -0.4 is 5.73 Å². The van der Waals surface area contributed by atoms with Crippen molar-refractivity contribution in [1.29, 1.82) is 0 Å². The van der Waals surface area contributed by atoms with E-state index in [4.69, 9.17) is 17.1 Å². The van der Waals surface area contributed by atoms with E-state index < -0.39 is 0 Å². The first-order valence-corrected chi connectivity index (χ1v) is 9.49.